The van der Waals surface area contributed by atoms with Gasteiger partial charge in [0.05, 0.1) is 12.7 Å². The molecule has 0 radical (unpaired) electrons. The van der Waals surface area contributed by atoms with E-state index < -0.39 is 0 Å². The molecule has 0 aliphatic carbocycles. The Labute approximate surface area is 127 Å². The zero-order valence-electron chi connectivity index (χ0n) is 11.2. The molecule has 0 bridgehead atoms. The third-order valence-corrected chi connectivity index (χ3v) is 3.64. The molecule has 2 aromatic carbocycles. The number of amides is 1. The van der Waals surface area contributed by atoms with Crippen molar-refractivity contribution in [3.63, 3.8) is 0 Å². The monoisotopic (exact) mass is 333 g/mol. The number of rotatable bonds is 5. The first kappa shape index (κ1) is 14.6. The van der Waals surface area contributed by atoms with Gasteiger partial charge in [0.15, 0.2) is 0 Å². The quantitative estimate of drug-likeness (QED) is 0.910. The van der Waals surface area contributed by atoms with Gasteiger partial charge in [-0.25, -0.2) is 0 Å². The minimum atomic E-state index is -0.0691. The molecule has 0 aliphatic heterocycles. The third kappa shape index (κ3) is 3.84. The number of nitrogens with one attached hydrogen (secondary N) is 1. The first-order chi connectivity index (χ1) is 9.70. The van der Waals surface area contributed by atoms with Crippen molar-refractivity contribution in [3.8, 4) is 5.75 Å². The lowest BCUT2D eigenvalue weighted by Gasteiger charge is -2.07. The second-order valence-electron chi connectivity index (χ2n) is 4.34. The third-order valence-electron chi connectivity index (χ3n) is 2.95. The molecule has 1 N–H and O–H groups in total. The predicted molar refractivity (Wildman–Crippen MR) is 83.2 cm³/mol. The predicted octanol–water partition coefficient (Wildman–Crippen LogP) is 3.43. The Kier molecular flexibility index (Phi) is 5.18. The molecule has 0 fully saturated rings. The highest BCUT2D eigenvalue weighted by Gasteiger charge is 2.08. The van der Waals surface area contributed by atoms with Crippen molar-refractivity contribution in [2.75, 3.05) is 13.7 Å². The summed E-state index contributed by atoms with van der Waals surface area (Å²) in [5, 5.41) is 2.92. The summed E-state index contributed by atoms with van der Waals surface area (Å²) >= 11 is 3.38. The average Bonchev–Trinajstić information content (AvgIpc) is 2.48. The van der Waals surface area contributed by atoms with E-state index in [0.717, 1.165) is 22.2 Å². The van der Waals surface area contributed by atoms with Crippen molar-refractivity contribution in [2.45, 2.75) is 6.42 Å². The molecule has 0 saturated heterocycles. The van der Waals surface area contributed by atoms with Crippen LogP contribution in [0.2, 0.25) is 0 Å². The van der Waals surface area contributed by atoms with Crippen molar-refractivity contribution in [2.24, 2.45) is 0 Å². The van der Waals surface area contributed by atoms with E-state index >= 15 is 0 Å². The number of carbonyl (C=O) groups excluding carboxylic acids is 1. The molecule has 0 atom stereocenters. The van der Waals surface area contributed by atoms with Crippen LogP contribution in [0.4, 0.5) is 0 Å². The molecule has 0 aliphatic rings. The number of carbonyl (C=O) groups is 1. The van der Waals surface area contributed by atoms with Crippen LogP contribution < -0.4 is 10.1 Å². The second kappa shape index (κ2) is 7.10. The number of hydrogen-bond donors (Lipinski definition) is 1. The first-order valence-electron chi connectivity index (χ1n) is 6.36. The molecule has 0 heterocycles. The largest absolute Gasteiger partial charge is 0.497 e. The van der Waals surface area contributed by atoms with Crippen molar-refractivity contribution in [1.82, 2.24) is 5.32 Å². The average molecular weight is 334 g/mol. The fraction of sp³-hybridized carbons (Fsp3) is 0.188. The summed E-state index contributed by atoms with van der Waals surface area (Å²) in [7, 11) is 1.65. The Hall–Kier alpha value is -1.81. The van der Waals surface area contributed by atoms with Crippen LogP contribution in [0.25, 0.3) is 0 Å². The lowest BCUT2D eigenvalue weighted by atomic mass is 10.1. The van der Waals surface area contributed by atoms with Crippen molar-refractivity contribution in [1.29, 1.82) is 0 Å². The summed E-state index contributed by atoms with van der Waals surface area (Å²) in [5.74, 6) is 0.764. The highest BCUT2D eigenvalue weighted by Crippen LogP contribution is 2.16. The van der Waals surface area contributed by atoms with Gasteiger partial charge in [0.2, 0.25) is 0 Å². The van der Waals surface area contributed by atoms with Crippen LogP contribution >= 0.6 is 15.9 Å². The van der Waals surface area contributed by atoms with Gasteiger partial charge in [-0.15, -0.1) is 0 Å². The van der Waals surface area contributed by atoms with E-state index in [0.29, 0.717) is 12.1 Å². The number of hydrogen-bond acceptors (Lipinski definition) is 2. The summed E-state index contributed by atoms with van der Waals surface area (Å²) in [6.45, 7) is 0.591. The zero-order chi connectivity index (χ0) is 14.4. The van der Waals surface area contributed by atoms with Gasteiger partial charge in [0, 0.05) is 11.0 Å². The molecule has 2 rings (SSSR count). The van der Waals surface area contributed by atoms with Crippen LogP contribution in [0.5, 0.6) is 5.75 Å². The van der Waals surface area contributed by atoms with E-state index in [1.165, 1.54) is 0 Å². The maximum Gasteiger partial charge on any atom is 0.252 e. The van der Waals surface area contributed by atoms with Gasteiger partial charge in [-0.2, -0.15) is 0 Å². The summed E-state index contributed by atoms with van der Waals surface area (Å²) < 4.78 is 5.98. The fourth-order valence-corrected chi connectivity index (χ4v) is 2.35. The Morgan fingerprint density at radius 1 is 1.20 bits per heavy atom. The second-order valence-corrected chi connectivity index (χ2v) is 5.19. The summed E-state index contributed by atoms with van der Waals surface area (Å²) in [6.07, 6.45) is 0.771. The Morgan fingerprint density at radius 2 is 2.00 bits per heavy atom. The standard InChI is InChI=1S/C16H16BrNO2/c1-20-13-6-4-5-12(11-13)9-10-18-16(19)14-7-2-3-8-15(14)17/h2-8,11H,9-10H2,1H3,(H,18,19). The molecule has 0 saturated carbocycles. The normalized spacial score (nSPS) is 10.1. The first-order valence-corrected chi connectivity index (χ1v) is 7.15. The van der Waals surface area contributed by atoms with E-state index in [4.69, 9.17) is 4.74 Å². The van der Waals surface area contributed by atoms with Crippen LogP contribution in [0.3, 0.4) is 0 Å². The minimum absolute atomic E-state index is 0.0691. The molecule has 2 aromatic rings. The molecular weight excluding hydrogens is 318 g/mol. The van der Waals surface area contributed by atoms with Crippen LogP contribution in [0, 0.1) is 0 Å². The molecule has 104 valence electrons. The molecule has 0 aromatic heterocycles. The van der Waals surface area contributed by atoms with Crippen LogP contribution in [0.15, 0.2) is 53.0 Å². The van der Waals surface area contributed by atoms with E-state index in [2.05, 4.69) is 21.2 Å². The molecule has 1 amide bonds. The number of halogens is 1. The van der Waals surface area contributed by atoms with Crippen molar-refractivity contribution < 1.29 is 9.53 Å². The zero-order valence-corrected chi connectivity index (χ0v) is 12.8. The molecule has 3 nitrogen and oxygen atoms in total. The Bertz CT molecular complexity index is 599. The lowest BCUT2D eigenvalue weighted by Crippen LogP contribution is -2.25. The number of methoxy groups -OCH3 is 1. The van der Waals surface area contributed by atoms with Gasteiger partial charge in [0.1, 0.15) is 5.75 Å². The number of benzene rings is 2. The van der Waals surface area contributed by atoms with Crippen LogP contribution in [-0.2, 0) is 6.42 Å². The van der Waals surface area contributed by atoms with Crippen LogP contribution in [-0.4, -0.2) is 19.6 Å². The van der Waals surface area contributed by atoms with E-state index in [1.807, 2.05) is 42.5 Å². The van der Waals surface area contributed by atoms with E-state index in [-0.39, 0.29) is 5.91 Å². The molecule has 0 spiro atoms. The van der Waals surface area contributed by atoms with Gasteiger partial charge in [-0.05, 0) is 52.2 Å². The van der Waals surface area contributed by atoms with Gasteiger partial charge in [-0.1, -0.05) is 24.3 Å². The molecule has 4 heteroatoms. The fourth-order valence-electron chi connectivity index (χ4n) is 1.89. The summed E-state index contributed by atoms with van der Waals surface area (Å²) in [4.78, 5) is 12.0. The van der Waals surface area contributed by atoms with Gasteiger partial charge in [0.25, 0.3) is 5.91 Å². The van der Waals surface area contributed by atoms with Gasteiger partial charge < -0.3 is 10.1 Å². The number of ether oxygens (including phenoxy) is 1. The van der Waals surface area contributed by atoms with Gasteiger partial charge >= 0.3 is 0 Å². The maximum absolute atomic E-state index is 12.0. The summed E-state index contributed by atoms with van der Waals surface area (Å²) in [6, 6.07) is 15.2. The van der Waals surface area contributed by atoms with Crippen molar-refractivity contribution >= 4 is 21.8 Å². The maximum atomic E-state index is 12.0. The Morgan fingerprint density at radius 3 is 2.75 bits per heavy atom. The summed E-state index contributed by atoms with van der Waals surface area (Å²) in [5.41, 5.74) is 1.79. The SMILES string of the molecule is COc1cccc(CCNC(=O)c2ccccc2Br)c1. The van der Waals surface area contributed by atoms with E-state index in [1.54, 1.807) is 13.2 Å². The molecule has 0 unspecified atom stereocenters. The molecule has 20 heavy (non-hydrogen) atoms. The van der Waals surface area contributed by atoms with Gasteiger partial charge in [-0.3, -0.25) is 4.79 Å². The van der Waals surface area contributed by atoms with E-state index in [9.17, 15) is 4.79 Å². The topological polar surface area (TPSA) is 38.3 Å². The smallest absolute Gasteiger partial charge is 0.252 e. The minimum Gasteiger partial charge on any atom is -0.497 e. The Balaban J connectivity index is 1.89. The highest BCUT2D eigenvalue weighted by atomic mass is 79.9. The van der Waals surface area contributed by atoms with Crippen molar-refractivity contribution in [3.05, 3.63) is 64.1 Å². The molecular formula is C16H16BrNO2. The van der Waals surface area contributed by atoms with Crippen LogP contribution in [0.1, 0.15) is 15.9 Å². The lowest BCUT2D eigenvalue weighted by molar-refractivity contribution is 0.0953. The highest BCUT2D eigenvalue weighted by molar-refractivity contribution is 9.10.